The predicted octanol–water partition coefficient (Wildman–Crippen LogP) is 3.75. The molecule has 0 atom stereocenters. The van der Waals surface area contributed by atoms with Gasteiger partial charge in [-0.05, 0) is 23.9 Å². The van der Waals surface area contributed by atoms with Crippen LogP contribution in [0.3, 0.4) is 0 Å². The van der Waals surface area contributed by atoms with E-state index in [2.05, 4.69) is 15.3 Å². The lowest BCUT2D eigenvalue weighted by atomic mass is 9.83. The van der Waals surface area contributed by atoms with E-state index in [0.29, 0.717) is 12.5 Å². The van der Waals surface area contributed by atoms with Crippen LogP contribution in [0.5, 0.6) is 0 Å². The molecular formula is C11H13ClF3N3. The average Bonchev–Trinajstić information content (AvgIpc) is 2.20. The fraction of sp³-hybridized carbons (Fsp3) is 0.636. The Balaban J connectivity index is 1.96. The lowest BCUT2D eigenvalue weighted by molar-refractivity contribution is -0.141. The van der Waals surface area contributed by atoms with Gasteiger partial charge in [0.25, 0.3) is 0 Å². The van der Waals surface area contributed by atoms with Crippen molar-refractivity contribution < 1.29 is 13.2 Å². The van der Waals surface area contributed by atoms with Gasteiger partial charge in [0, 0.05) is 12.6 Å². The number of hydrogen-bond acceptors (Lipinski definition) is 3. The molecule has 0 bridgehead atoms. The molecule has 3 nitrogen and oxygen atoms in total. The van der Waals surface area contributed by atoms with E-state index in [1.165, 1.54) is 19.3 Å². The first-order valence-electron chi connectivity index (χ1n) is 5.81. The summed E-state index contributed by atoms with van der Waals surface area (Å²) in [7, 11) is 0. The van der Waals surface area contributed by atoms with Crippen molar-refractivity contribution in [3.05, 3.63) is 17.0 Å². The minimum Gasteiger partial charge on any atom is -0.370 e. The van der Waals surface area contributed by atoms with Crippen LogP contribution in [0.2, 0.25) is 5.28 Å². The molecule has 1 aromatic rings. The zero-order chi connectivity index (χ0) is 13.2. The minimum atomic E-state index is -4.50. The summed E-state index contributed by atoms with van der Waals surface area (Å²) >= 11 is 5.47. The maximum Gasteiger partial charge on any atom is 0.433 e. The molecule has 100 valence electrons. The minimum absolute atomic E-state index is 0.127. The molecule has 1 aliphatic carbocycles. The maximum absolute atomic E-state index is 12.5. The Morgan fingerprint density at radius 3 is 2.61 bits per heavy atom. The summed E-state index contributed by atoms with van der Waals surface area (Å²) in [6.45, 7) is 0.606. The van der Waals surface area contributed by atoms with E-state index >= 15 is 0 Å². The first kappa shape index (κ1) is 13.4. The summed E-state index contributed by atoms with van der Waals surface area (Å²) in [6, 6.07) is 0.882. The van der Waals surface area contributed by atoms with E-state index in [4.69, 9.17) is 11.6 Å². The second-order valence-corrected chi connectivity index (χ2v) is 4.76. The second kappa shape index (κ2) is 5.30. The average molecular weight is 280 g/mol. The summed E-state index contributed by atoms with van der Waals surface area (Å²) in [5, 5.41) is 2.47. The zero-order valence-corrected chi connectivity index (χ0v) is 10.4. The SMILES string of the molecule is FC(F)(F)c1cc(NCCC2CCC2)nc(Cl)n1. The number of rotatable bonds is 4. The van der Waals surface area contributed by atoms with Crippen LogP contribution >= 0.6 is 11.6 Å². The number of anilines is 1. The Morgan fingerprint density at radius 2 is 2.06 bits per heavy atom. The third-order valence-electron chi connectivity index (χ3n) is 3.07. The standard InChI is InChI=1S/C11H13ClF3N3/c12-10-17-8(11(13,14)15)6-9(18-10)16-5-4-7-2-1-3-7/h6-7H,1-5H2,(H,16,17,18). The van der Waals surface area contributed by atoms with Crippen molar-refractivity contribution >= 4 is 17.4 Å². The Morgan fingerprint density at radius 1 is 1.33 bits per heavy atom. The molecule has 1 fully saturated rings. The molecule has 18 heavy (non-hydrogen) atoms. The molecule has 1 aromatic heterocycles. The molecule has 1 heterocycles. The molecule has 0 aliphatic heterocycles. The molecule has 0 saturated heterocycles. The van der Waals surface area contributed by atoms with Gasteiger partial charge in [0.15, 0.2) is 5.69 Å². The molecule has 0 amide bonds. The van der Waals surface area contributed by atoms with Crippen molar-refractivity contribution in [2.45, 2.75) is 31.9 Å². The lowest BCUT2D eigenvalue weighted by Gasteiger charge is -2.25. The highest BCUT2D eigenvalue weighted by molar-refractivity contribution is 6.28. The first-order chi connectivity index (χ1) is 8.45. The highest BCUT2D eigenvalue weighted by atomic mass is 35.5. The highest BCUT2D eigenvalue weighted by Crippen LogP contribution is 2.31. The van der Waals surface area contributed by atoms with E-state index < -0.39 is 17.2 Å². The molecule has 0 radical (unpaired) electrons. The van der Waals surface area contributed by atoms with Crippen LogP contribution in [0.25, 0.3) is 0 Å². The molecule has 0 spiro atoms. The quantitative estimate of drug-likeness (QED) is 0.853. The summed E-state index contributed by atoms with van der Waals surface area (Å²) in [5.41, 5.74) is -1.02. The fourth-order valence-electron chi connectivity index (χ4n) is 1.84. The monoisotopic (exact) mass is 279 g/mol. The van der Waals surface area contributed by atoms with E-state index in [0.717, 1.165) is 12.5 Å². The van der Waals surface area contributed by atoms with Gasteiger partial charge in [0.2, 0.25) is 5.28 Å². The van der Waals surface area contributed by atoms with Gasteiger partial charge in [-0.15, -0.1) is 0 Å². The van der Waals surface area contributed by atoms with Gasteiger partial charge in [-0.3, -0.25) is 0 Å². The third-order valence-corrected chi connectivity index (χ3v) is 3.24. The van der Waals surface area contributed by atoms with Crippen molar-refractivity contribution in [3.63, 3.8) is 0 Å². The predicted molar refractivity (Wildman–Crippen MR) is 62.5 cm³/mol. The van der Waals surface area contributed by atoms with E-state index in [9.17, 15) is 13.2 Å². The maximum atomic E-state index is 12.5. The third kappa shape index (κ3) is 3.48. The van der Waals surface area contributed by atoms with Crippen LogP contribution in [0.4, 0.5) is 19.0 Å². The van der Waals surface area contributed by atoms with Crippen molar-refractivity contribution in [2.24, 2.45) is 5.92 Å². The number of alkyl halides is 3. The number of nitrogens with zero attached hydrogens (tertiary/aromatic N) is 2. The van der Waals surface area contributed by atoms with Crippen LogP contribution in [0.1, 0.15) is 31.4 Å². The smallest absolute Gasteiger partial charge is 0.370 e. The molecule has 0 unspecified atom stereocenters. The van der Waals surface area contributed by atoms with Gasteiger partial charge < -0.3 is 5.32 Å². The lowest BCUT2D eigenvalue weighted by Crippen LogP contribution is -2.17. The van der Waals surface area contributed by atoms with E-state index in [1.54, 1.807) is 0 Å². The Kier molecular flexibility index (Phi) is 3.94. The molecule has 1 aliphatic rings. The number of hydrogen-bond donors (Lipinski definition) is 1. The van der Waals surface area contributed by atoms with Gasteiger partial charge in [0.1, 0.15) is 5.82 Å². The van der Waals surface area contributed by atoms with Crippen LogP contribution in [-0.4, -0.2) is 16.5 Å². The van der Waals surface area contributed by atoms with Gasteiger partial charge in [-0.1, -0.05) is 19.3 Å². The molecule has 7 heteroatoms. The molecule has 1 N–H and O–H groups in total. The normalized spacial score (nSPS) is 16.4. The Labute approximate surface area is 108 Å². The largest absolute Gasteiger partial charge is 0.433 e. The zero-order valence-electron chi connectivity index (χ0n) is 9.60. The Hall–Kier alpha value is -1.04. The molecule has 2 rings (SSSR count). The van der Waals surface area contributed by atoms with Crippen molar-refractivity contribution in [1.29, 1.82) is 0 Å². The topological polar surface area (TPSA) is 37.8 Å². The van der Waals surface area contributed by atoms with Gasteiger partial charge >= 0.3 is 6.18 Å². The van der Waals surface area contributed by atoms with Crippen LogP contribution in [0.15, 0.2) is 6.07 Å². The van der Waals surface area contributed by atoms with Crippen LogP contribution < -0.4 is 5.32 Å². The van der Waals surface area contributed by atoms with Gasteiger partial charge in [-0.2, -0.15) is 13.2 Å². The summed E-state index contributed by atoms with van der Waals surface area (Å²) in [6.07, 6.45) is 0.113. The summed E-state index contributed by atoms with van der Waals surface area (Å²) in [4.78, 5) is 6.90. The summed E-state index contributed by atoms with van der Waals surface area (Å²) in [5.74, 6) is 0.818. The van der Waals surface area contributed by atoms with Crippen LogP contribution in [0, 0.1) is 5.92 Å². The highest BCUT2D eigenvalue weighted by Gasteiger charge is 2.33. The first-order valence-corrected chi connectivity index (χ1v) is 6.18. The van der Waals surface area contributed by atoms with E-state index in [1.807, 2.05) is 0 Å². The number of halogens is 4. The fourth-order valence-corrected chi connectivity index (χ4v) is 2.02. The Bertz CT molecular complexity index is 418. The second-order valence-electron chi connectivity index (χ2n) is 4.42. The molecule has 1 saturated carbocycles. The van der Waals surface area contributed by atoms with Crippen molar-refractivity contribution in [2.75, 3.05) is 11.9 Å². The molecule has 0 aromatic carbocycles. The number of nitrogens with one attached hydrogen (secondary N) is 1. The van der Waals surface area contributed by atoms with Crippen molar-refractivity contribution in [1.82, 2.24) is 9.97 Å². The van der Waals surface area contributed by atoms with Gasteiger partial charge in [0.05, 0.1) is 0 Å². The van der Waals surface area contributed by atoms with E-state index in [-0.39, 0.29) is 5.82 Å². The van der Waals surface area contributed by atoms with Crippen molar-refractivity contribution in [3.8, 4) is 0 Å². The van der Waals surface area contributed by atoms with Gasteiger partial charge in [-0.25, -0.2) is 9.97 Å². The van der Waals surface area contributed by atoms with Crippen LogP contribution in [-0.2, 0) is 6.18 Å². The number of aromatic nitrogens is 2. The summed E-state index contributed by atoms with van der Waals surface area (Å²) < 4.78 is 37.5. The molecular weight excluding hydrogens is 267 g/mol.